The normalized spacial score (nSPS) is 35.9. The summed E-state index contributed by atoms with van der Waals surface area (Å²) < 4.78 is 5.44. The van der Waals surface area contributed by atoms with Gasteiger partial charge in [-0.1, -0.05) is 13.8 Å². The summed E-state index contributed by atoms with van der Waals surface area (Å²) in [6.45, 7) is 5.83. The van der Waals surface area contributed by atoms with E-state index in [1.807, 2.05) is 0 Å². The smallest absolute Gasteiger partial charge is 0.302 e. The van der Waals surface area contributed by atoms with Gasteiger partial charge in [-0.15, -0.1) is 0 Å². The van der Waals surface area contributed by atoms with Gasteiger partial charge in [0.1, 0.15) is 11.9 Å². The predicted molar refractivity (Wildman–Crippen MR) is 78.2 cm³/mol. The van der Waals surface area contributed by atoms with Crippen LogP contribution in [0.25, 0.3) is 0 Å². The first-order valence-corrected chi connectivity index (χ1v) is 8.17. The maximum Gasteiger partial charge on any atom is 0.302 e. The number of hydrogen-bond donors (Lipinski definition) is 0. The molecule has 3 heteroatoms. The largest absolute Gasteiger partial charge is 0.462 e. The van der Waals surface area contributed by atoms with Crippen molar-refractivity contribution in [2.75, 3.05) is 0 Å². The van der Waals surface area contributed by atoms with E-state index >= 15 is 0 Å². The minimum atomic E-state index is -0.156. The van der Waals surface area contributed by atoms with Crippen LogP contribution in [-0.2, 0) is 14.3 Å². The monoisotopic (exact) mass is 280 g/mol. The van der Waals surface area contributed by atoms with Gasteiger partial charge in [0, 0.05) is 19.3 Å². The molecule has 0 radical (unpaired) electrons. The summed E-state index contributed by atoms with van der Waals surface area (Å²) >= 11 is 0. The van der Waals surface area contributed by atoms with Gasteiger partial charge in [-0.3, -0.25) is 9.59 Å². The highest BCUT2D eigenvalue weighted by Crippen LogP contribution is 2.39. The molecule has 114 valence electrons. The van der Waals surface area contributed by atoms with E-state index in [1.54, 1.807) is 0 Å². The molecule has 0 heterocycles. The zero-order valence-corrected chi connectivity index (χ0v) is 13.1. The van der Waals surface area contributed by atoms with Gasteiger partial charge in [0.05, 0.1) is 0 Å². The molecule has 0 spiro atoms. The second-order valence-electron chi connectivity index (χ2n) is 6.96. The lowest BCUT2D eigenvalue weighted by Crippen LogP contribution is -2.29. The first-order valence-electron chi connectivity index (χ1n) is 8.17. The van der Waals surface area contributed by atoms with Crippen molar-refractivity contribution in [3.8, 4) is 0 Å². The van der Waals surface area contributed by atoms with Crippen LogP contribution in [0.2, 0.25) is 0 Å². The Kier molecular flexibility index (Phi) is 5.22. The maximum atomic E-state index is 11.9. The van der Waals surface area contributed by atoms with Crippen LogP contribution in [0.15, 0.2) is 0 Å². The molecule has 0 aromatic rings. The van der Waals surface area contributed by atoms with E-state index in [1.165, 1.54) is 19.8 Å². The first-order chi connectivity index (χ1) is 9.47. The molecule has 0 aromatic heterocycles. The molecular formula is C17H28O3. The summed E-state index contributed by atoms with van der Waals surface area (Å²) in [4.78, 5) is 23.0. The van der Waals surface area contributed by atoms with Gasteiger partial charge in [0.15, 0.2) is 0 Å². The Bertz CT molecular complexity index is 363. The topological polar surface area (TPSA) is 43.4 Å². The quantitative estimate of drug-likeness (QED) is 0.737. The maximum absolute atomic E-state index is 11.9. The van der Waals surface area contributed by atoms with Crippen molar-refractivity contribution < 1.29 is 14.3 Å². The summed E-state index contributed by atoms with van der Waals surface area (Å²) in [5.41, 5.74) is 0. The molecule has 2 saturated carbocycles. The molecule has 2 rings (SSSR count). The van der Waals surface area contributed by atoms with Gasteiger partial charge in [0.25, 0.3) is 0 Å². The number of carbonyl (C=O) groups excluding carboxylic acids is 2. The lowest BCUT2D eigenvalue weighted by molar-refractivity contribution is -0.148. The minimum absolute atomic E-state index is 0.119. The van der Waals surface area contributed by atoms with Gasteiger partial charge in [0.2, 0.25) is 0 Å². The number of hydrogen-bond acceptors (Lipinski definition) is 3. The predicted octanol–water partition coefficient (Wildman–Crippen LogP) is 3.75. The fourth-order valence-corrected chi connectivity index (χ4v) is 3.98. The Labute approximate surface area is 122 Å². The molecule has 2 fully saturated rings. The zero-order valence-electron chi connectivity index (χ0n) is 13.1. The van der Waals surface area contributed by atoms with E-state index in [9.17, 15) is 9.59 Å². The first kappa shape index (κ1) is 15.5. The Morgan fingerprint density at radius 2 is 2.05 bits per heavy atom. The van der Waals surface area contributed by atoms with E-state index in [0.29, 0.717) is 23.5 Å². The van der Waals surface area contributed by atoms with Crippen molar-refractivity contribution in [1.82, 2.24) is 0 Å². The molecule has 2 aliphatic rings. The lowest BCUT2D eigenvalue weighted by atomic mass is 9.73. The highest BCUT2D eigenvalue weighted by Gasteiger charge is 2.34. The number of ketones is 1. The highest BCUT2D eigenvalue weighted by molar-refractivity contribution is 5.81. The molecule has 0 aromatic carbocycles. The van der Waals surface area contributed by atoms with Crippen molar-refractivity contribution in [2.24, 2.45) is 23.7 Å². The molecular weight excluding hydrogens is 252 g/mol. The molecule has 3 nitrogen and oxygen atoms in total. The van der Waals surface area contributed by atoms with Crippen LogP contribution in [0.5, 0.6) is 0 Å². The third-order valence-electron chi connectivity index (χ3n) is 5.37. The molecule has 0 saturated heterocycles. The van der Waals surface area contributed by atoms with Crippen LogP contribution in [0.1, 0.15) is 65.7 Å². The fourth-order valence-electron chi connectivity index (χ4n) is 3.98. The SMILES string of the molecule is CC(=O)O[C@H]1CCC[C@H]1C[C@@H](C)[C@H]1CC[C@H](C)C(=O)C1. The Morgan fingerprint density at radius 1 is 1.30 bits per heavy atom. The van der Waals surface area contributed by atoms with E-state index in [4.69, 9.17) is 4.74 Å². The molecule has 0 aliphatic heterocycles. The standard InChI is InChI=1S/C17H28O3/c1-11-7-8-14(10-16(11)19)12(2)9-15-5-4-6-17(15)20-13(3)18/h11-12,14-15,17H,4-10H2,1-3H3/t11-,12+,14-,15-,17-/m0/s1. The van der Waals surface area contributed by atoms with E-state index in [0.717, 1.165) is 32.1 Å². The van der Waals surface area contributed by atoms with Crippen LogP contribution in [0.4, 0.5) is 0 Å². The summed E-state index contributed by atoms with van der Waals surface area (Å²) in [5, 5.41) is 0. The van der Waals surface area contributed by atoms with Gasteiger partial charge < -0.3 is 4.74 Å². The summed E-state index contributed by atoms with van der Waals surface area (Å²) in [5.74, 6) is 2.15. The van der Waals surface area contributed by atoms with Crippen LogP contribution in [-0.4, -0.2) is 17.9 Å². The van der Waals surface area contributed by atoms with Crippen molar-refractivity contribution >= 4 is 11.8 Å². The number of ether oxygens (including phenoxy) is 1. The average Bonchev–Trinajstić information content (AvgIpc) is 2.79. The van der Waals surface area contributed by atoms with Crippen molar-refractivity contribution in [3.05, 3.63) is 0 Å². The molecule has 5 atom stereocenters. The fraction of sp³-hybridized carbons (Fsp3) is 0.882. The second kappa shape index (κ2) is 6.73. The number of esters is 1. The van der Waals surface area contributed by atoms with Crippen LogP contribution in [0.3, 0.4) is 0 Å². The number of carbonyl (C=O) groups is 2. The Hall–Kier alpha value is -0.860. The average molecular weight is 280 g/mol. The summed E-state index contributed by atoms with van der Waals surface area (Å²) in [7, 11) is 0. The van der Waals surface area contributed by atoms with Crippen molar-refractivity contribution in [1.29, 1.82) is 0 Å². The van der Waals surface area contributed by atoms with Gasteiger partial charge in [-0.25, -0.2) is 0 Å². The third-order valence-corrected chi connectivity index (χ3v) is 5.37. The Balaban J connectivity index is 1.85. The van der Waals surface area contributed by atoms with Crippen LogP contribution < -0.4 is 0 Å². The third kappa shape index (κ3) is 3.83. The molecule has 0 bridgehead atoms. The van der Waals surface area contributed by atoms with Crippen LogP contribution >= 0.6 is 0 Å². The lowest BCUT2D eigenvalue weighted by Gasteiger charge is -2.32. The highest BCUT2D eigenvalue weighted by atomic mass is 16.5. The molecule has 20 heavy (non-hydrogen) atoms. The zero-order chi connectivity index (χ0) is 14.7. The van der Waals surface area contributed by atoms with E-state index < -0.39 is 0 Å². The Morgan fingerprint density at radius 3 is 2.70 bits per heavy atom. The van der Waals surface area contributed by atoms with Gasteiger partial charge >= 0.3 is 5.97 Å². The molecule has 0 N–H and O–H groups in total. The van der Waals surface area contributed by atoms with Crippen LogP contribution in [0, 0.1) is 23.7 Å². The van der Waals surface area contributed by atoms with E-state index in [-0.39, 0.29) is 18.0 Å². The van der Waals surface area contributed by atoms with Gasteiger partial charge in [-0.05, 0) is 56.3 Å². The molecule has 0 amide bonds. The molecule has 2 aliphatic carbocycles. The summed E-state index contributed by atoms with van der Waals surface area (Å²) in [6.07, 6.45) is 7.54. The summed E-state index contributed by atoms with van der Waals surface area (Å²) in [6, 6.07) is 0. The number of Topliss-reactive ketones (excluding diaryl/α,β-unsaturated/α-hetero) is 1. The molecule has 0 unspecified atom stereocenters. The van der Waals surface area contributed by atoms with Crippen molar-refractivity contribution in [2.45, 2.75) is 71.8 Å². The van der Waals surface area contributed by atoms with Crippen molar-refractivity contribution in [3.63, 3.8) is 0 Å². The minimum Gasteiger partial charge on any atom is -0.462 e. The van der Waals surface area contributed by atoms with Gasteiger partial charge in [-0.2, -0.15) is 0 Å². The van der Waals surface area contributed by atoms with E-state index in [2.05, 4.69) is 13.8 Å². The number of rotatable bonds is 4. The second-order valence-corrected chi connectivity index (χ2v) is 6.96.